The van der Waals surface area contributed by atoms with Crippen LogP contribution in [-0.4, -0.2) is 48.8 Å². The lowest BCUT2D eigenvalue weighted by Gasteiger charge is -2.28. The fourth-order valence-corrected chi connectivity index (χ4v) is 2.96. The number of halogens is 1. The molecule has 0 radical (unpaired) electrons. The standard InChI is InChI=1S/C17H26FN3O2/c1-21(2)16(12-4-3-5-13(18)10-12)11-19-17(23)20-14-6-8-15(22)9-7-14/h3-5,10,14-16,22H,6-9,11H2,1-2H3,(H2,19,20,23). The molecule has 1 aliphatic carbocycles. The van der Waals surface area contributed by atoms with Crippen LogP contribution >= 0.6 is 0 Å². The van der Waals surface area contributed by atoms with E-state index in [1.165, 1.54) is 12.1 Å². The zero-order valence-corrected chi connectivity index (χ0v) is 13.8. The second-order valence-corrected chi connectivity index (χ2v) is 6.39. The number of rotatable bonds is 5. The SMILES string of the molecule is CN(C)C(CNC(=O)NC1CCC(O)CC1)c1cccc(F)c1. The lowest BCUT2D eigenvalue weighted by Crippen LogP contribution is -2.46. The molecule has 1 aromatic carbocycles. The van der Waals surface area contributed by atoms with Gasteiger partial charge in [0, 0.05) is 12.6 Å². The number of amides is 2. The first-order chi connectivity index (χ1) is 11.0. The monoisotopic (exact) mass is 323 g/mol. The molecule has 0 aliphatic heterocycles. The topological polar surface area (TPSA) is 64.6 Å². The number of benzene rings is 1. The van der Waals surface area contributed by atoms with E-state index in [1.807, 2.05) is 25.1 Å². The number of aliphatic hydroxyl groups is 1. The first kappa shape index (κ1) is 17.7. The normalized spacial score (nSPS) is 22.7. The van der Waals surface area contributed by atoms with E-state index in [9.17, 15) is 14.3 Å². The van der Waals surface area contributed by atoms with Gasteiger partial charge in [0.1, 0.15) is 5.82 Å². The number of hydrogen-bond acceptors (Lipinski definition) is 3. The largest absolute Gasteiger partial charge is 0.393 e. The maximum Gasteiger partial charge on any atom is 0.315 e. The summed E-state index contributed by atoms with van der Waals surface area (Å²) in [6.45, 7) is 0.400. The Labute approximate surface area is 136 Å². The highest BCUT2D eigenvalue weighted by atomic mass is 19.1. The van der Waals surface area contributed by atoms with Crippen molar-refractivity contribution in [1.29, 1.82) is 0 Å². The number of carbonyl (C=O) groups is 1. The Balaban J connectivity index is 1.85. The third-order valence-electron chi connectivity index (χ3n) is 4.34. The summed E-state index contributed by atoms with van der Waals surface area (Å²) in [4.78, 5) is 14.0. The average Bonchev–Trinajstić information content (AvgIpc) is 2.49. The fraction of sp³-hybridized carbons (Fsp3) is 0.588. The molecule has 5 nitrogen and oxygen atoms in total. The molecule has 1 aromatic rings. The van der Waals surface area contributed by atoms with Crippen molar-refractivity contribution < 1.29 is 14.3 Å². The molecule has 1 aliphatic rings. The van der Waals surface area contributed by atoms with E-state index in [-0.39, 0.29) is 30.0 Å². The van der Waals surface area contributed by atoms with Crippen molar-refractivity contribution >= 4 is 6.03 Å². The lowest BCUT2D eigenvalue weighted by molar-refractivity contribution is 0.117. The van der Waals surface area contributed by atoms with Crippen LogP contribution in [0.2, 0.25) is 0 Å². The van der Waals surface area contributed by atoms with Crippen molar-refractivity contribution in [2.75, 3.05) is 20.6 Å². The highest BCUT2D eigenvalue weighted by molar-refractivity contribution is 5.74. The molecule has 1 fully saturated rings. The van der Waals surface area contributed by atoms with Crippen LogP contribution in [0.5, 0.6) is 0 Å². The van der Waals surface area contributed by atoms with Gasteiger partial charge in [0.2, 0.25) is 0 Å². The highest BCUT2D eigenvalue weighted by Gasteiger charge is 2.21. The Kier molecular flexibility index (Phi) is 6.36. The number of nitrogens with one attached hydrogen (secondary N) is 2. The molecular weight excluding hydrogens is 297 g/mol. The van der Waals surface area contributed by atoms with E-state index in [2.05, 4.69) is 10.6 Å². The summed E-state index contributed by atoms with van der Waals surface area (Å²) in [5, 5.41) is 15.3. The molecule has 0 aromatic heterocycles. The van der Waals surface area contributed by atoms with Crippen LogP contribution in [0.4, 0.5) is 9.18 Å². The summed E-state index contributed by atoms with van der Waals surface area (Å²) in [6, 6.07) is 6.25. The predicted octanol–water partition coefficient (Wildman–Crippen LogP) is 2.03. The summed E-state index contributed by atoms with van der Waals surface area (Å²) in [5.41, 5.74) is 0.830. The molecule has 2 amide bonds. The number of hydrogen-bond donors (Lipinski definition) is 3. The average molecular weight is 323 g/mol. The van der Waals surface area contributed by atoms with Gasteiger partial charge in [-0.25, -0.2) is 9.18 Å². The number of aliphatic hydroxyl groups excluding tert-OH is 1. The Morgan fingerprint density at radius 3 is 2.65 bits per heavy atom. The Bertz CT molecular complexity index is 516. The number of urea groups is 1. The molecule has 0 heterocycles. The Hall–Kier alpha value is -1.66. The van der Waals surface area contributed by atoms with Crippen molar-refractivity contribution in [3.05, 3.63) is 35.6 Å². The zero-order valence-electron chi connectivity index (χ0n) is 13.8. The van der Waals surface area contributed by atoms with Gasteiger partial charge >= 0.3 is 6.03 Å². The van der Waals surface area contributed by atoms with E-state index in [0.29, 0.717) is 6.54 Å². The second kappa shape index (κ2) is 8.26. The zero-order chi connectivity index (χ0) is 16.8. The quantitative estimate of drug-likeness (QED) is 0.777. The van der Waals surface area contributed by atoms with Gasteiger partial charge in [-0.2, -0.15) is 0 Å². The van der Waals surface area contributed by atoms with Crippen LogP contribution in [0.1, 0.15) is 37.3 Å². The van der Waals surface area contributed by atoms with Gasteiger partial charge in [-0.1, -0.05) is 12.1 Å². The first-order valence-corrected chi connectivity index (χ1v) is 8.10. The van der Waals surface area contributed by atoms with Crippen LogP contribution in [0.25, 0.3) is 0 Å². The summed E-state index contributed by atoms with van der Waals surface area (Å²) >= 11 is 0. The van der Waals surface area contributed by atoms with Gasteiger partial charge in [0.05, 0.1) is 12.1 Å². The summed E-state index contributed by atoms with van der Waals surface area (Å²) < 4.78 is 13.4. The maximum absolute atomic E-state index is 13.4. The van der Waals surface area contributed by atoms with E-state index in [4.69, 9.17) is 0 Å². The van der Waals surface area contributed by atoms with Gasteiger partial charge in [-0.05, 0) is 57.5 Å². The molecule has 3 N–H and O–H groups in total. The molecule has 0 saturated heterocycles. The van der Waals surface area contributed by atoms with Gasteiger partial charge in [-0.15, -0.1) is 0 Å². The van der Waals surface area contributed by atoms with E-state index in [0.717, 1.165) is 31.2 Å². The highest BCUT2D eigenvalue weighted by Crippen LogP contribution is 2.19. The minimum Gasteiger partial charge on any atom is -0.393 e. The van der Waals surface area contributed by atoms with Crippen molar-refractivity contribution in [2.24, 2.45) is 0 Å². The van der Waals surface area contributed by atoms with Crippen LogP contribution in [0.3, 0.4) is 0 Å². The smallest absolute Gasteiger partial charge is 0.315 e. The van der Waals surface area contributed by atoms with Crippen molar-refractivity contribution in [3.63, 3.8) is 0 Å². The van der Waals surface area contributed by atoms with Crippen LogP contribution in [-0.2, 0) is 0 Å². The lowest BCUT2D eigenvalue weighted by atomic mass is 9.93. The fourth-order valence-electron chi connectivity index (χ4n) is 2.96. The molecule has 0 spiro atoms. The molecule has 1 saturated carbocycles. The summed E-state index contributed by atoms with van der Waals surface area (Å²) in [6.07, 6.45) is 2.83. The Morgan fingerprint density at radius 1 is 1.35 bits per heavy atom. The van der Waals surface area contributed by atoms with Gasteiger partial charge in [0.15, 0.2) is 0 Å². The molecule has 2 rings (SSSR count). The minimum absolute atomic E-state index is 0.0929. The van der Waals surface area contributed by atoms with Crippen LogP contribution < -0.4 is 10.6 Å². The molecule has 23 heavy (non-hydrogen) atoms. The van der Waals surface area contributed by atoms with Crippen molar-refractivity contribution in [3.8, 4) is 0 Å². The van der Waals surface area contributed by atoms with E-state index < -0.39 is 0 Å². The summed E-state index contributed by atoms with van der Waals surface area (Å²) in [7, 11) is 3.80. The summed E-state index contributed by atoms with van der Waals surface area (Å²) in [5.74, 6) is -0.278. The third kappa shape index (κ3) is 5.48. The molecule has 6 heteroatoms. The molecule has 128 valence electrons. The van der Waals surface area contributed by atoms with Crippen LogP contribution in [0.15, 0.2) is 24.3 Å². The molecule has 0 bridgehead atoms. The van der Waals surface area contributed by atoms with Crippen molar-refractivity contribution in [2.45, 2.75) is 43.9 Å². The minimum atomic E-state index is -0.278. The van der Waals surface area contributed by atoms with E-state index in [1.54, 1.807) is 6.07 Å². The van der Waals surface area contributed by atoms with Gasteiger partial charge < -0.3 is 20.6 Å². The van der Waals surface area contributed by atoms with Gasteiger partial charge in [0.25, 0.3) is 0 Å². The van der Waals surface area contributed by atoms with Crippen molar-refractivity contribution in [1.82, 2.24) is 15.5 Å². The number of nitrogens with zero attached hydrogens (tertiary/aromatic N) is 1. The predicted molar refractivity (Wildman–Crippen MR) is 87.6 cm³/mol. The molecule has 1 atom stereocenters. The first-order valence-electron chi connectivity index (χ1n) is 8.10. The molecule has 1 unspecified atom stereocenters. The molecular formula is C17H26FN3O2. The van der Waals surface area contributed by atoms with Gasteiger partial charge in [-0.3, -0.25) is 0 Å². The second-order valence-electron chi connectivity index (χ2n) is 6.39. The third-order valence-corrected chi connectivity index (χ3v) is 4.34. The van der Waals surface area contributed by atoms with E-state index >= 15 is 0 Å². The number of likely N-dealkylation sites (N-methyl/N-ethyl adjacent to an activating group) is 1. The maximum atomic E-state index is 13.4. The van der Waals surface area contributed by atoms with Crippen LogP contribution in [0, 0.1) is 5.82 Å². The number of carbonyl (C=O) groups excluding carboxylic acids is 1. The Morgan fingerprint density at radius 2 is 2.04 bits per heavy atom.